The lowest BCUT2D eigenvalue weighted by atomic mass is 10.1. The molecule has 3 rings (SSSR count). The van der Waals surface area contributed by atoms with Crippen molar-refractivity contribution in [1.82, 2.24) is 4.98 Å². The number of hydrogen-bond donors (Lipinski definition) is 1. The van der Waals surface area contributed by atoms with Crippen LogP contribution in [0.2, 0.25) is 0 Å². The molecule has 0 bridgehead atoms. The molecular formula is C20H19N2O4-. The van der Waals surface area contributed by atoms with Crippen molar-refractivity contribution in [2.45, 2.75) is 13.3 Å². The predicted molar refractivity (Wildman–Crippen MR) is 97.4 cm³/mol. The van der Waals surface area contributed by atoms with Crippen molar-refractivity contribution < 1.29 is 19.4 Å². The highest BCUT2D eigenvalue weighted by molar-refractivity contribution is 6.02. The summed E-state index contributed by atoms with van der Waals surface area (Å²) in [6.45, 7) is 2.34. The highest BCUT2D eigenvalue weighted by atomic mass is 16.5. The summed E-state index contributed by atoms with van der Waals surface area (Å²) in [4.78, 5) is 28.8. The number of nitrogens with one attached hydrogen (secondary N) is 1. The Morgan fingerprint density at radius 3 is 2.42 bits per heavy atom. The van der Waals surface area contributed by atoms with Gasteiger partial charge in [-0.3, -0.25) is 4.79 Å². The monoisotopic (exact) mass is 351 g/mol. The molecule has 1 aromatic heterocycles. The van der Waals surface area contributed by atoms with Crippen LogP contribution in [0.4, 0.5) is 5.69 Å². The van der Waals surface area contributed by atoms with Crippen LogP contribution in [0.5, 0.6) is 5.75 Å². The number of aromatic nitrogens is 1. The number of aromatic carboxylic acids is 1. The fourth-order valence-electron chi connectivity index (χ4n) is 3.07. The minimum absolute atomic E-state index is 0.0345. The average Bonchev–Trinajstić information content (AvgIpc) is 3.02. The normalized spacial score (nSPS) is 10.7. The summed E-state index contributed by atoms with van der Waals surface area (Å²) < 4.78 is 5.14. The van der Waals surface area contributed by atoms with Gasteiger partial charge in [0, 0.05) is 23.1 Å². The van der Waals surface area contributed by atoms with E-state index >= 15 is 0 Å². The number of hydrogen-bond acceptors (Lipinski definition) is 4. The number of rotatable bonds is 6. The first-order valence-electron chi connectivity index (χ1n) is 8.30. The number of ether oxygens (including phenoxy) is 1. The number of likely N-dealkylation sites (N-methyl/N-ethyl adjacent to an activating group) is 1. The number of carbonyl (C=O) groups excluding carboxylic acids is 2. The van der Waals surface area contributed by atoms with Crippen LogP contribution in [-0.2, 0) is 11.2 Å². The van der Waals surface area contributed by atoms with E-state index in [1.54, 1.807) is 54.5 Å². The van der Waals surface area contributed by atoms with Gasteiger partial charge in [0.15, 0.2) is 0 Å². The van der Waals surface area contributed by atoms with Gasteiger partial charge in [-0.1, -0.05) is 18.2 Å². The molecule has 0 atom stereocenters. The number of H-pyrrole nitrogens is 1. The number of carbonyl (C=O) groups is 2. The number of para-hydroxylation sites is 1. The van der Waals surface area contributed by atoms with Crippen molar-refractivity contribution in [3.8, 4) is 5.75 Å². The van der Waals surface area contributed by atoms with Crippen LogP contribution in [0.3, 0.4) is 0 Å². The summed E-state index contributed by atoms with van der Waals surface area (Å²) in [5.74, 6) is -0.811. The maximum atomic E-state index is 12.9. The van der Waals surface area contributed by atoms with E-state index in [1.807, 2.05) is 13.0 Å². The number of anilines is 1. The summed E-state index contributed by atoms with van der Waals surface area (Å²) >= 11 is 0. The zero-order valence-corrected chi connectivity index (χ0v) is 14.6. The number of methoxy groups -OCH3 is 1. The van der Waals surface area contributed by atoms with Gasteiger partial charge in [-0.2, -0.15) is 0 Å². The summed E-state index contributed by atoms with van der Waals surface area (Å²) in [6.07, 6.45) is -0.0345. The molecular weight excluding hydrogens is 332 g/mol. The molecule has 26 heavy (non-hydrogen) atoms. The lowest BCUT2D eigenvalue weighted by Crippen LogP contribution is -2.33. The van der Waals surface area contributed by atoms with Crippen molar-refractivity contribution in [2.75, 3.05) is 18.6 Å². The van der Waals surface area contributed by atoms with Crippen molar-refractivity contribution in [3.63, 3.8) is 0 Å². The summed E-state index contributed by atoms with van der Waals surface area (Å²) in [5, 5.41) is 12.2. The van der Waals surface area contributed by atoms with Gasteiger partial charge in [0.2, 0.25) is 5.91 Å². The third-order valence-electron chi connectivity index (χ3n) is 4.35. The Hall–Kier alpha value is -3.28. The Morgan fingerprint density at radius 2 is 1.81 bits per heavy atom. The van der Waals surface area contributed by atoms with Crippen LogP contribution >= 0.6 is 0 Å². The van der Waals surface area contributed by atoms with E-state index in [-0.39, 0.29) is 18.0 Å². The van der Waals surface area contributed by atoms with Gasteiger partial charge in [0.25, 0.3) is 0 Å². The lowest BCUT2D eigenvalue weighted by molar-refractivity contribution is -0.255. The van der Waals surface area contributed by atoms with E-state index in [2.05, 4.69) is 4.98 Å². The highest BCUT2D eigenvalue weighted by Gasteiger charge is 2.20. The maximum absolute atomic E-state index is 12.9. The van der Waals surface area contributed by atoms with Gasteiger partial charge in [0.1, 0.15) is 5.75 Å². The third-order valence-corrected chi connectivity index (χ3v) is 4.35. The van der Waals surface area contributed by atoms with Crippen LogP contribution in [0.25, 0.3) is 10.9 Å². The fraction of sp³-hybridized carbons (Fsp3) is 0.200. The molecule has 0 fully saturated rings. The number of aromatic amines is 1. The second-order valence-corrected chi connectivity index (χ2v) is 5.82. The fourth-order valence-corrected chi connectivity index (χ4v) is 3.07. The van der Waals surface area contributed by atoms with Crippen LogP contribution < -0.4 is 14.7 Å². The summed E-state index contributed by atoms with van der Waals surface area (Å²) in [7, 11) is 1.58. The van der Waals surface area contributed by atoms with Crippen molar-refractivity contribution in [3.05, 3.63) is 59.8 Å². The van der Waals surface area contributed by atoms with Gasteiger partial charge >= 0.3 is 0 Å². The Labute approximate surface area is 151 Å². The Morgan fingerprint density at radius 1 is 1.12 bits per heavy atom. The number of benzene rings is 2. The van der Waals surface area contributed by atoms with Gasteiger partial charge in [-0.25, -0.2) is 0 Å². The van der Waals surface area contributed by atoms with E-state index < -0.39 is 5.97 Å². The Kier molecular flexibility index (Phi) is 4.93. The quantitative estimate of drug-likeness (QED) is 0.737. The lowest BCUT2D eigenvalue weighted by Gasteiger charge is -2.21. The predicted octanol–water partition coefficient (Wildman–Crippen LogP) is 2.14. The van der Waals surface area contributed by atoms with Crippen LogP contribution in [0.1, 0.15) is 23.0 Å². The SMILES string of the molecule is CCN(C(=O)Cc1c(C(=O)[O-])[nH]c2ccccc12)c1ccc(OC)cc1. The molecule has 0 spiro atoms. The second-order valence-electron chi connectivity index (χ2n) is 5.82. The zero-order valence-electron chi connectivity index (χ0n) is 14.6. The smallest absolute Gasteiger partial charge is 0.231 e. The van der Waals surface area contributed by atoms with Crippen molar-refractivity contribution in [1.29, 1.82) is 0 Å². The number of carboxylic acids is 1. The number of carboxylic acid groups (broad SMARTS) is 1. The topological polar surface area (TPSA) is 85.5 Å². The van der Waals surface area contributed by atoms with Gasteiger partial charge in [0.05, 0.1) is 25.2 Å². The number of nitrogens with zero attached hydrogens (tertiary/aromatic N) is 1. The minimum Gasteiger partial charge on any atom is -0.543 e. The van der Waals surface area contributed by atoms with Gasteiger partial charge in [-0.05, 0) is 42.8 Å². The first kappa shape index (κ1) is 17.5. The average molecular weight is 351 g/mol. The Balaban J connectivity index is 1.94. The largest absolute Gasteiger partial charge is 0.543 e. The maximum Gasteiger partial charge on any atom is 0.231 e. The molecule has 0 unspecified atom stereocenters. The first-order chi connectivity index (χ1) is 12.5. The standard InChI is InChI=1S/C20H20N2O4/c1-3-22(13-8-10-14(26-2)11-9-13)18(23)12-16-15-6-4-5-7-17(15)21-19(16)20(24)25/h4-11,21H,3,12H2,1-2H3,(H,24,25)/p-1. The van der Waals surface area contributed by atoms with E-state index in [0.717, 1.165) is 5.69 Å². The molecule has 0 aliphatic heterocycles. The van der Waals surface area contributed by atoms with E-state index in [9.17, 15) is 14.7 Å². The molecule has 1 heterocycles. The Bertz CT molecular complexity index is 944. The molecule has 1 N–H and O–H groups in total. The molecule has 0 aliphatic carbocycles. The molecule has 0 saturated heterocycles. The van der Waals surface area contributed by atoms with Crippen LogP contribution in [0, 0.1) is 0 Å². The molecule has 6 nitrogen and oxygen atoms in total. The molecule has 1 amide bonds. The molecule has 3 aromatic rings. The van der Waals surface area contributed by atoms with Crippen molar-refractivity contribution >= 4 is 28.5 Å². The second kappa shape index (κ2) is 7.31. The number of amides is 1. The van der Waals surface area contributed by atoms with Gasteiger partial charge in [-0.15, -0.1) is 0 Å². The molecule has 6 heteroatoms. The number of fused-ring (bicyclic) bond motifs is 1. The van der Waals surface area contributed by atoms with Crippen LogP contribution in [-0.4, -0.2) is 30.5 Å². The highest BCUT2D eigenvalue weighted by Crippen LogP contribution is 2.25. The van der Waals surface area contributed by atoms with E-state index in [1.165, 1.54) is 0 Å². The molecule has 0 saturated carbocycles. The molecule has 2 aromatic carbocycles. The summed E-state index contributed by atoms with van der Waals surface area (Å²) in [5.41, 5.74) is 1.79. The van der Waals surface area contributed by atoms with E-state index in [4.69, 9.17) is 4.74 Å². The molecule has 134 valence electrons. The molecule has 0 radical (unpaired) electrons. The third kappa shape index (κ3) is 3.26. The van der Waals surface area contributed by atoms with Gasteiger partial charge < -0.3 is 24.5 Å². The zero-order chi connectivity index (χ0) is 18.7. The molecule has 0 aliphatic rings. The first-order valence-corrected chi connectivity index (χ1v) is 8.30. The van der Waals surface area contributed by atoms with Crippen LogP contribution in [0.15, 0.2) is 48.5 Å². The van der Waals surface area contributed by atoms with Crippen molar-refractivity contribution in [2.24, 2.45) is 0 Å². The summed E-state index contributed by atoms with van der Waals surface area (Å²) in [6, 6.07) is 14.3. The minimum atomic E-state index is -1.32. The van der Waals surface area contributed by atoms with E-state index in [0.29, 0.717) is 28.8 Å².